The molecule has 0 bridgehead atoms. The normalized spacial score (nSPS) is 17.8. The molecular formula is C21H24N4O. The summed E-state index contributed by atoms with van der Waals surface area (Å²) < 4.78 is 4.11. The average molecular weight is 348 g/mol. The first-order valence-electron chi connectivity index (χ1n) is 9.73. The summed E-state index contributed by atoms with van der Waals surface area (Å²) in [4.78, 5) is 12.9. The number of nitrogens with one attached hydrogen (secondary N) is 1. The molecule has 26 heavy (non-hydrogen) atoms. The Morgan fingerprint density at radius 1 is 1.12 bits per heavy atom. The van der Waals surface area contributed by atoms with E-state index in [0.29, 0.717) is 6.04 Å². The third-order valence-corrected chi connectivity index (χ3v) is 5.66. The van der Waals surface area contributed by atoms with Crippen LogP contribution in [0.1, 0.15) is 48.9 Å². The van der Waals surface area contributed by atoms with E-state index in [2.05, 4.69) is 15.8 Å². The summed E-state index contributed by atoms with van der Waals surface area (Å²) in [6.07, 6.45) is 11.3. The van der Waals surface area contributed by atoms with E-state index in [-0.39, 0.29) is 5.91 Å². The van der Waals surface area contributed by atoms with E-state index in [4.69, 9.17) is 5.10 Å². The van der Waals surface area contributed by atoms with Gasteiger partial charge in [0.25, 0.3) is 5.91 Å². The highest BCUT2D eigenvalue weighted by Gasteiger charge is 2.24. The second kappa shape index (κ2) is 6.31. The van der Waals surface area contributed by atoms with E-state index in [1.165, 1.54) is 25.7 Å². The van der Waals surface area contributed by atoms with E-state index < -0.39 is 0 Å². The van der Waals surface area contributed by atoms with Crippen LogP contribution in [0.3, 0.4) is 0 Å². The number of carbonyl (C=O) groups excluding carboxylic acids is 1. The third kappa shape index (κ3) is 2.91. The molecule has 2 fully saturated rings. The highest BCUT2D eigenvalue weighted by atomic mass is 16.1. The van der Waals surface area contributed by atoms with Crippen LogP contribution >= 0.6 is 0 Å². The number of aromatic nitrogens is 3. The van der Waals surface area contributed by atoms with Gasteiger partial charge in [-0.25, -0.2) is 0 Å². The maximum absolute atomic E-state index is 12.9. The molecule has 0 spiro atoms. The zero-order valence-corrected chi connectivity index (χ0v) is 14.9. The minimum Gasteiger partial charge on any atom is -0.349 e. The Morgan fingerprint density at radius 2 is 1.96 bits per heavy atom. The number of nitrogens with zero attached hydrogens (tertiary/aromatic N) is 3. The zero-order valence-electron chi connectivity index (χ0n) is 14.9. The second-order valence-electron chi connectivity index (χ2n) is 7.72. The van der Waals surface area contributed by atoms with Crippen LogP contribution in [0.2, 0.25) is 0 Å². The molecule has 0 aromatic carbocycles. The number of carbonyl (C=O) groups is 1. The molecule has 0 saturated heterocycles. The molecule has 2 aliphatic rings. The number of hydrogen-bond donors (Lipinski definition) is 1. The fraction of sp³-hybridized carbons (Fsp3) is 0.429. The molecule has 5 rings (SSSR count). The lowest BCUT2D eigenvalue weighted by Crippen LogP contribution is -2.32. The summed E-state index contributed by atoms with van der Waals surface area (Å²) in [5.74, 6) is 0.823. The van der Waals surface area contributed by atoms with E-state index in [0.717, 1.165) is 47.8 Å². The first-order valence-corrected chi connectivity index (χ1v) is 9.73. The number of fused-ring (bicyclic) bond motifs is 1. The molecule has 3 aromatic rings. The van der Waals surface area contributed by atoms with E-state index in [1.54, 1.807) is 0 Å². The van der Waals surface area contributed by atoms with Gasteiger partial charge < -0.3 is 9.72 Å². The molecule has 0 atom stereocenters. The van der Waals surface area contributed by atoms with Gasteiger partial charge in [0.1, 0.15) is 5.69 Å². The third-order valence-electron chi connectivity index (χ3n) is 5.66. The molecule has 1 amide bonds. The molecule has 2 saturated carbocycles. The quantitative estimate of drug-likeness (QED) is 0.760. The van der Waals surface area contributed by atoms with Crippen molar-refractivity contribution in [3.05, 3.63) is 48.3 Å². The van der Waals surface area contributed by atoms with Crippen molar-refractivity contribution in [2.45, 2.75) is 51.1 Å². The van der Waals surface area contributed by atoms with Crippen molar-refractivity contribution in [2.75, 3.05) is 0 Å². The largest absolute Gasteiger partial charge is 0.349 e. The maximum atomic E-state index is 12.9. The summed E-state index contributed by atoms with van der Waals surface area (Å²) in [6.45, 7) is 0.998. The summed E-state index contributed by atoms with van der Waals surface area (Å²) in [5.41, 5.74) is 3.58. The molecule has 0 radical (unpaired) electrons. The van der Waals surface area contributed by atoms with Gasteiger partial charge in [-0.05, 0) is 55.9 Å². The highest BCUT2D eigenvalue weighted by molar-refractivity contribution is 6.02. The fourth-order valence-corrected chi connectivity index (χ4v) is 4.03. The van der Waals surface area contributed by atoms with Gasteiger partial charge in [-0.15, -0.1) is 0 Å². The van der Waals surface area contributed by atoms with Crippen LogP contribution in [0, 0.1) is 5.92 Å². The molecule has 0 unspecified atom stereocenters. The molecule has 3 heterocycles. The molecule has 0 aliphatic heterocycles. The topological polar surface area (TPSA) is 51.3 Å². The Morgan fingerprint density at radius 3 is 2.77 bits per heavy atom. The first kappa shape index (κ1) is 15.7. The van der Waals surface area contributed by atoms with Crippen LogP contribution in [0.25, 0.3) is 16.9 Å². The number of amides is 1. The van der Waals surface area contributed by atoms with Crippen LogP contribution in [-0.4, -0.2) is 26.1 Å². The number of rotatable bonds is 5. The van der Waals surface area contributed by atoms with E-state index >= 15 is 0 Å². The number of pyridine rings is 1. The van der Waals surface area contributed by atoms with Crippen molar-refractivity contribution in [3.63, 3.8) is 0 Å². The monoisotopic (exact) mass is 348 g/mol. The summed E-state index contributed by atoms with van der Waals surface area (Å²) >= 11 is 0. The minimum absolute atomic E-state index is 0.0317. The van der Waals surface area contributed by atoms with Crippen LogP contribution < -0.4 is 5.32 Å². The van der Waals surface area contributed by atoms with Gasteiger partial charge in [-0.1, -0.05) is 18.9 Å². The lowest BCUT2D eigenvalue weighted by Gasteiger charge is -2.11. The second-order valence-corrected chi connectivity index (χ2v) is 7.72. The van der Waals surface area contributed by atoms with Crippen molar-refractivity contribution in [3.8, 4) is 11.4 Å². The van der Waals surface area contributed by atoms with Crippen molar-refractivity contribution >= 4 is 11.4 Å². The van der Waals surface area contributed by atoms with Crippen LogP contribution in [0.15, 0.2) is 42.7 Å². The minimum atomic E-state index is 0.0317. The Labute approximate surface area is 153 Å². The Kier molecular flexibility index (Phi) is 3.80. The van der Waals surface area contributed by atoms with Gasteiger partial charge >= 0.3 is 0 Å². The van der Waals surface area contributed by atoms with Crippen molar-refractivity contribution < 1.29 is 4.79 Å². The standard InChI is InChI=1S/C21H24N4O/c26-21(22-16-5-1-2-6-16)17-13-20(25-11-4-3-7-19(17)25)18-10-12-24(23-18)14-15-8-9-15/h3-4,7,10-13,15-16H,1-2,5-6,8-9,14H2,(H,22,26). The molecule has 5 nitrogen and oxygen atoms in total. The highest BCUT2D eigenvalue weighted by Crippen LogP contribution is 2.31. The maximum Gasteiger partial charge on any atom is 0.253 e. The molecule has 3 aromatic heterocycles. The van der Waals surface area contributed by atoms with Crippen molar-refractivity contribution in [2.24, 2.45) is 5.92 Å². The predicted octanol–water partition coefficient (Wildman–Crippen LogP) is 3.89. The van der Waals surface area contributed by atoms with Gasteiger partial charge in [0.05, 0.1) is 16.8 Å². The SMILES string of the molecule is O=C(NC1CCCC1)c1cc(-c2ccn(CC3CC3)n2)n2ccccc12. The summed E-state index contributed by atoms with van der Waals surface area (Å²) in [5, 5.41) is 7.96. The predicted molar refractivity (Wildman–Crippen MR) is 101 cm³/mol. The Bertz CT molecular complexity index is 944. The van der Waals surface area contributed by atoms with E-state index in [9.17, 15) is 4.79 Å². The van der Waals surface area contributed by atoms with Gasteiger partial charge in [-0.2, -0.15) is 5.10 Å². The number of hydrogen-bond acceptors (Lipinski definition) is 2. The van der Waals surface area contributed by atoms with Crippen molar-refractivity contribution in [1.82, 2.24) is 19.5 Å². The lowest BCUT2D eigenvalue weighted by atomic mass is 10.2. The Balaban J connectivity index is 1.49. The van der Waals surface area contributed by atoms with Crippen LogP contribution in [-0.2, 0) is 6.54 Å². The first-order chi connectivity index (χ1) is 12.8. The van der Waals surface area contributed by atoms with Crippen LogP contribution in [0.5, 0.6) is 0 Å². The van der Waals surface area contributed by atoms with Crippen LogP contribution in [0.4, 0.5) is 0 Å². The Hall–Kier alpha value is -2.56. The zero-order chi connectivity index (χ0) is 17.5. The van der Waals surface area contributed by atoms with E-state index in [1.807, 2.05) is 41.3 Å². The molecule has 5 heteroatoms. The van der Waals surface area contributed by atoms with Gasteiger partial charge in [0, 0.05) is 25.0 Å². The lowest BCUT2D eigenvalue weighted by molar-refractivity contribution is 0.0939. The summed E-state index contributed by atoms with van der Waals surface area (Å²) in [7, 11) is 0. The van der Waals surface area contributed by atoms with Gasteiger partial charge in [0.2, 0.25) is 0 Å². The van der Waals surface area contributed by atoms with Gasteiger partial charge in [-0.3, -0.25) is 9.48 Å². The molecular weight excluding hydrogens is 324 g/mol. The van der Waals surface area contributed by atoms with Crippen molar-refractivity contribution in [1.29, 1.82) is 0 Å². The molecule has 2 aliphatic carbocycles. The van der Waals surface area contributed by atoms with Gasteiger partial charge in [0.15, 0.2) is 0 Å². The summed E-state index contributed by atoms with van der Waals surface area (Å²) in [6, 6.07) is 10.4. The smallest absolute Gasteiger partial charge is 0.253 e. The average Bonchev–Trinajstić information content (AvgIpc) is 3.05. The molecule has 1 N–H and O–H groups in total. The fourth-order valence-electron chi connectivity index (χ4n) is 4.03. The molecule has 134 valence electrons.